The van der Waals surface area contributed by atoms with Crippen LogP contribution in [0.5, 0.6) is 0 Å². The first-order valence-corrected chi connectivity index (χ1v) is 9.09. The van der Waals surface area contributed by atoms with E-state index >= 15 is 0 Å². The zero-order valence-electron chi connectivity index (χ0n) is 15.3. The van der Waals surface area contributed by atoms with Gasteiger partial charge in [0, 0.05) is 30.9 Å². The van der Waals surface area contributed by atoms with E-state index in [0.717, 1.165) is 29.8 Å². The van der Waals surface area contributed by atoms with Gasteiger partial charge in [0.25, 0.3) is 0 Å². The Morgan fingerprint density at radius 3 is 2.52 bits per heavy atom. The Morgan fingerprint density at radius 2 is 1.85 bits per heavy atom. The summed E-state index contributed by atoms with van der Waals surface area (Å²) in [5, 5.41) is 5.23. The maximum Gasteiger partial charge on any atom is 0.313 e. The minimum absolute atomic E-state index is 0.118. The van der Waals surface area contributed by atoms with E-state index in [1.165, 1.54) is 0 Å². The summed E-state index contributed by atoms with van der Waals surface area (Å²) in [6.07, 6.45) is 2.10. The monoisotopic (exact) mass is 365 g/mol. The van der Waals surface area contributed by atoms with E-state index in [-0.39, 0.29) is 5.91 Å². The van der Waals surface area contributed by atoms with E-state index in [1.807, 2.05) is 43.3 Å². The molecular weight excluding hydrogens is 342 g/mol. The van der Waals surface area contributed by atoms with Crippen LogP contribution in [0.2, 0.25) is 0 Å². The van der Waals surface area contributed by atoms with E-state index in [1.54, 1.807) is 17.0 Å². The average molecular weight is 365 g/mol. The first-order valence-electron chi connectivity index (χ1n) is 9.09. The van der Waals surface area contributed by atoms with Crippen molar-refractivity contribution in [2.24, 2.45) is 0 Å². The molecular formula is C21H23N3O3. The number of hydrogen-bond acceptors (Lipinski definition) is 3. The van der Waals surface area contributed by atoms with Crippen molar-refractivity contribution in [3.63, 3.8) is 0 Å². The molecule has 0 aliphatic carbocycles. The third kappa shape index (κ3) is 4.73. The Kier molecular flexibility index (Phi) is 5.86. The van der Waals surface area contributed by atoms with Gasteiger partial charge in [-0.2, -0.15) is 0 Å². The zero-order chi connectivity index (χ0) is 19.2. The molecule has 6 nitrogen and oxygen atoms in total. The molecule has 1 aliphatic rings. The molecule has 1 fully saturated rings. The molecule has 3 rings (SSSR count). The molecule has 27 heavy (non-hydrogen) atoms. The molecule has 3 amide bonds. The number of hydrogen-bond donors (Lipinski definition) is 2. The summed E-state index contributed by atoms with van der Waals surface area (Å²) < 4.78 is 0. The molecule has 0 saturated carbocycles. The molecule has 2 N–H and O–H groups in total. The van der Waals surface area contributed by atoms with Crippen LogP contribution in [0.4, 0.5) is 11.4 Å². The van der Waals surface area contributed by atoms with Crippen LogP contribution in [0.25, 0.3) is 0 Å². The Morgan fingerprint density at radius 1 is 1.07 bits per heavy atom. The van der Waals surface area contributed by atoms with Crippen LogP contribution >= 0.6 is 0 Å². The lowest BCUT2D eigenvalue weighted by Gasteiger charge is -2.19. The highest BCUT2D eigenvalue weighted by Crippen LogP contribution is 2.27. The molecule has 1 saturated heterocycles. The van der Waals surface area contributed by atoms with Gasteiger partial charge >= 0.3 is 11.8 Å². The SMILES string of the molecule is Cc1cc(NC(=O)C(=O)NCCc2ccccc2)ccc1N1CCCC1=O. The fraction of sp³-hybridized carbons (Fsp3) is 0.286. The van der Waals surface area contributed by atoms with E-state index in [2.05, 4.69) is 10.6 Å². The first kappa shape index (κ1) is 18.6. The van der Waals surface area contributed by atoms with Gasteiger partial charge in [-0.05, 0) is 49.1 Å². The topological polar surface area (TPSA) is 78.5 Å². The van der Waals surface area contributed by atoms with Gasteiger partial charge in [0.05, 0.1) is 0 Å². The molecule has 0 bridgehead atoms. The van der Waals surface area contributed by atoms with E-state index in [0.29, 0.717) is 25.1 Å². The molecule has 0 unspecified atom stereocenters. The largest absolute Gasteiger partial charge is 0.347 e. The number of carbonyl (C=O) groups excluding carboxylic acids is 3. The van der Waals surface area contributed by atoms with Crippen molar-refractivity contribution in [3.05, 3.63) is 59.7 Å². The van der Waals surface area contributed by atoms with Gasteiger partial charge in [-0.15, -0.1) is 0 Å². The van der Waals surface area contributed by atoms with Crippen molar-refractivity contribution >= 4 is 29.1 Å². The first-order chi connectivity index (χ1) is 13.0. The number of nitrogens with zero attached hydrogens (tertiary/aromatic N) is 1. The molecule has 140 valence electrons. The lowest BCUT2D eigenvalue weighted by Crippen LogP contribution is -2.36. The van der Waals surface area contributed by atoms with Crippen molar-refractivity contribution in [2.45, 2.75) is 26.2 Å². The fourth-order valence-corrected chi connectivity index (χ4v) is 3.17. The Hall–Kier alpha value is -3.15. The molecule has 1 heterocycles. The smallest absolute Gasteiger partial charge is 0.313 e. The number of aryl methyl sites for hydroxylation is 1. The van der Waals surface area contributed by atoms with Crippen LogP contribution in [-0.4, -0.2) is 30.8 Å². The Balaban J connectivity index is 1.53. The van der Waals surface area contributed by atoms with Gasteiger partial charge in [0.15, 0.2) is 0 Å². The summed E-state index contributed by atoms with van der Waals surface area (Å²) in [6.45, 7) is 3.00. The highest BCUT2D eigenvalue weighted by atomic mass is 16.2. The maximum atomic E-state index is 12.1. The van der Waals surface area contributed by atoms with Gasteiger partial charge in [-0.1, -0.05) is 30.3 Å². The summed E-state index contributed by atoms with van der Waals surface area (Å²) in [4.78, 5) is 37.7. The predicted octanol–water partition coefficient (Wildman–Crippen LogP) is 2.42. The van der Waals surface area contributed by atoms with Crippen LogP contribution in [0.3, 0.4) is 0 Å². The fourth-order valence-electron chi connectivity index (χ4n) is 3.17. The number of carbonyl (C=O) groups is 3. The minimum atomic E-state index is -0.701. The van der Waals surface area contributed by atoms with E-state index in [9.17, 15) is 14.4 Å². The zero-order valence-corrected chi connectivity index (χ0v) is 15.3. The lowest BCUT2D eigenvalue weighted by atomic mass is 10.1. The summed E-state index contributed by atoms with van der Waals surface area (Å²) in [5.74, 6) is -1.25. The van der Waals surface area contributed by atoms with Crippen molar-refractivity contribution in [1.82, 2.24) is 5.32 Å². The number of nitrogens with one attached hydrogen (secondary N) is 2. The second-order valence-electron chi connectivity index (χ2n) is 6.60. The summed E-state index contributed by atoms with van der Waals surface area (Å²) in [7, 11) is 0. The number of benzene rings is 2. The highest BCUT2D eigenvalue weighted by molar-refractivity contribution is 6.39. The van der Waals surface area contributed by atoms with Crippen LogP contribution in [-0.2, 0) is 20.8 Å². The second-order valence-corrected chi connectivity index (χ2v) is 6.60. The van der Waals surface area contributed by atoms with Crippen LogP contribution in [0, 0.1) is 6.92 Å². The average Bonchev–Trinajstić information content (AvgIpc) is 3.08. The van der Waals surface area contributed by atoms with E-state index in [4.69, 9.17) is 0 Å². The molecule has 0 radical (unpaired) electrons. The van der Waals surface area contributed by atoms with Gasteiger partial charge in [0.2, 0.25) is 5.91 Å². The van der Waals surface area contributed by atoms with Crippen LogP contribution in [0.15, 0.2) is 48.5 Å². The van der Waals surface area contributed by atoms with Gasteiger partial charge < -0.3 is 15.5 Å². The van der Waals surface area contributed by atoms with Gasteiger partial charge in [0.1, 0.15) is 0 Å². The van der Waals surface area contributed by atoms with Gasteiger partial charge in [-0.3, -0.25) is 14.4 Å². The quantitative estimate of drug-likeness (QED) is 0.799. The highest BCUT2D eigenvalue weighted by Gasteiger charge is 2.23. The number of rotatable bonds is 5. The minimum Gasteiger partial charge on any atom is -0.347 e. The summed E-state index contributed by atoms with van der Waals surface area (Å²) in [5.41, 5.74) is 3.36. The van der Waals surface area contributed by atoms with Gasteiger partial charge in [-0.25, -0.2) is 0 Å². The van der Waals surface area contributed by atoms with Crippen molar-refractivity contribution in [3.8, 4) is 0 Å². The predicted molar refractivity (Wildman–Crippen MR) is 105 cm³/mol. The van der Waals surface area contributed by atoms with Crippen LogP contribution < -0.4 is 15.5 Å². The maximum absolute atomic E-state index is 12.1. The Bertz CT molecular complexity index is 849. The van der Waals surface area contributed by atoms with Crippen molar-refractivity contribution in [1.29, 1.82) is 0 Å². The molecule has 0 spiro atoms. The van der Waals surface area contributed by atoms with Crippen molar-refractivity contribution in [2.75, 3.05) is 23.3 Å². The third-order valence-corrected chi connectivity index (χ3v) is 4.57. The second kappa shape index (κ2) is 8.49. The molecule has 6 heteroatoms. The van der Waals surface area contributed by atoms with Crippen molar-refractivity contribution < 1.29 is 14.4 Å². The Labute approximate surface area is 158 Å². The third-order valence-electron chi connectivity index (χ3n) is 4.57. The molecule has 1 aliphatic heterocycles. The lowest BCUT2D eigenvalue weighted by molar-refractivity contribution is -0.136. The summed E-state index contributed by atoms with van der Waals surface area (Å²) >= 11 is 0. The molecule has 2 aromatic rings. The number of anilines is 2. The summed E-state index contributed by atoms with van der Waals surface area (Å²) in [6, 6.07) is 15.0. The standard InChI is InChI=1S/C21H23N3O3/c1-15-14-17(9-10-18(15)24-13-5-8-19(24)25)23-21(27)20(26)22-12-11-16-6-3-2-4-7-16/h2-4,6-7,9-10,14H,5,8,11-13H2,1H3,(H,22,26)(H,23,27). The van der Waals surface area contributed by atoms with E-state index < -0.39 is 11.8 Å². The molecule has 0 aromatic heterocycles. The number of amides is 3. The van der Waals surface area contributed by atoms with Crippen LogP contribution in [0.1, 0.15) is 24.0 Å². The normalized spacial score (nSPS) is 13.5. The molecule has 0 atom stereocenters. The molecule has 2 aromatic carbocycles.